The molecule has 8 heteroatoms. The zero-order chi connectivity index (χ0) is 21.3. The van der Waals surface area contributed by atoms with Gasteiger partial charge in [0.25, 0.3) is 5.91 Å². The third-order valence-corrected chi connectivity index (χ3v) is 5.49. The summed E-state index contributed by atoms with van der Waals surface area (Å²) in [5.41, 5.74) is 0.0983. The van der Waals surface area contributed by atoms with Crippen molar-refractivity contribution in [2.24, 2.45) is 5.92 Å². The molecule has 5 amide bonds. The van der Waals surface area contributed by atoms with Crippen molar-refractivity contribution >= 4 is 35.1 Å². The standard InChI is InChI=1S/C21H28N4O4/c1-13(2)9-10-21(4)19(28)24(20(29)23-21)12-18(27)25-14(3)11-17(26)22-15-7-5-6-8-16(15)25/h5-8,13-14H,9-12H2,1-4H3,(H,22,26)(H,23,29)/t14-,21-/m1/s1. The van der Waals surface area contributed by atoms with Gasteiger partial charge in [0, 0.05) is 12.5 Å². The Morgan fingerprint density at radius 3 is 2.62 bits per heavy atom. The predicted octanol–water partition coefficient (Wildman–Crippen LogP) is 2.50. The van der Waals surface area contributed by atoms with Crippen LogP contribution in [0.2, 0.25) is 0 Å². The van der Waals surface area contributed by atoms with Crippen LogP contribution >= 0.6 is 0 Å². The van der Waals surface area contributed by atoms with Gasteiger partial charge in [-0.1, -0.05) is 26.0 Å². The average Bonchev–Trinajstić information content (AvgIpc) is 2.77. The summed E-state index contributed by atoms with van der Waals surface area (Å²) in [7, 11) is 0. The highest BCUT2D eigenvalue weighted by atomic mass is 16.2. The van der Waals surface area contributed by atoms with Gasteiger partial charge in [0.2, 0.25) is 11.8 Å². The highest BCUT2D eigenvalue weighted by molar-refractivity contribution is 6.11. The molecule has 1 aromatic rings. The number of urea groups is 1. The number of carbonyl (C=O) groups excluding carboxylic acids is 4. The number of hydrogen-bond donors (Lipinski definition) is 2. The van der Waals surface area contributed by atoms with Crippen LogP contribution in [0, 0.1) is 5.92 Å². The van der Waals surface area contributed by atoms with E-state index in [0.717, 1.165) is 11.3 Å². The first-order valence-electron chi connectivity index (χ1n) is 9.97. The van der Waals surface area contributed by atoms with E-state index in [0.29, 0.717) is 23.7 Å². The molecule has 1 saturated heterocycles. The van der Waals surface area contributed by atoms with Crippen molar-refractivity contribution in [3.05, 3.63) is 24.3 Å². The van der Waals surface area contributed by atoms with Crippen LogP contribution in [0.4, 0.5) is 16.2 Å². The van der Waals surface area contributed by atoms with Crippen molar-refractivity contribution in [3.8, 4) is 0 Å². The topological polar surface area (TPSA) is 98.8 Å². The molecule has 2 N–H and O–H groups in total. The van der Waals surface area contributed by atoms with Crippen molar-refractivity contribution in [1.82, 2.24) is 10.2 Å². The Labute approximate surface area is 170 Å². The number of nitrogens with one attached hydrogen (secondary N) is 2. The zero-order valence-electron chi connectivity index (χ0n) is 17.3. The molecule has 2 atom stereocenters. The molecule has 0 saturated carbocycles. The third-order valence-electron chi connectivity index (χ3n) is 5.49. The number of benzene rings is 1. The summed E-state index contributed by atoms with van der Waals surface area (Å²) in [6.45, 7) is 7.22. The minimum Gasteiger partial charge on any atom is -0.324 e. The number of anilines is 2. The van der Waals surface area contributed by atoms with Gasteiger partial charge in [-0.3, -0.25) is 19.3 Å². The predicted molar refractivity (Wildman–Crippen MR) is 109 cm³/mol. The van der Waals surface area contributed by atoms with E-state index in [2.05, 4.69) is 24.5 Å². The fraction of sp³-hybridized carbons (Fsp3) is 0.524. The van der Waals surface area contributed by atoms with Gasteiger partial charge < -0.3 is 15.5 Å². The summed E-state index contributed by atoms with van der Waals surface area (Å²) in [6, 6.07) is 6.06. The molecule has 2 aliphatic heterocycles. The summed E-state index contributed by atoms with van der Waals surface area (Å²) < 4.78 is 0. The molecule has 0 bridgehead atoms. The number of hydrogen-bond acceptors (Lipinski definition) is 4. The Morgan fingerprint density at radius 1 is 1.24 bits per heavy atom. The van der Waals surface area contributed by atoms with Crippen LogP contribution in [0.5, 0.6) is 0 Å². The lowest BCUT2D eigenvalue weighted by molar-refractivity contribution is -0.134. The van der Waals surface area contributed by atoms with Gasteiger partial charge in [-0.2, -0.15) is 0 Å². The molecule has 0 aromatic heterocycles. The average molecular weight is 400 g/mol. The molecule has 156 valence electrons. The van der Waals surface area contributed by atoms with Gasteiger partial charge in [-0.15, -0.1) is 0 Å². The van der Waals surface area contributed by atoms with Crippen molar-refractivity contribution in [1.29, 1.82) is 0 Å². The molecular weight excluding hydrogens is 372 g/mol. The van der Waals surface area contributed by atoms with Crippen LogP contribution < -0.4 is 15.5 Å². The lowest BCUT2D eigenvalue weighted by atomic mass is 9.92. The van der Waals surface area contributed by atoms with Crippen LogP contribution in [0.15, 0.2) is 24.3 Å². The minimum absolute atomic E-state index is 0.132. The van der Waals surface area contributed by atoms with Crippen LogP contribution in [0.1, 0.15) is 47.0 Å². The van der Waals surface area contributed by atoms with Gasteiger partial charge in [0.1, 0.15) is 12.1 Å². The smallest absolute Gasteiger partial charge is 0.324 e. The van der Waals surface area contributed by atoms with Gasteiger partial charge in [-0.05, 0) is 44.7 Å². The van der Waals surface area contributed by atoms with E-state index >= 15 is 0 Å². The second-order valence-electron chi connectivity index (χ2n) is 8.47. The Bertz CT molecular complexity index is 853. The SMILES string of the molecule is CC(C)CC[C@@]1(C)NC(=O)N(CC(=O)N2c3ccccc3NC(=O)C[C@H]2C)C1=O. The van der Waals surface area contributed by atoms with E-state index in [9.17, 15) is 19.2 Å². The number of fused-ring (bicyclic) bond motifs is 1. The van der Waals surface area contributed by atoms with E-state index in [1.54, 1.807) is 38.1 Å². The van der Waals surface area contributed by atoms with Crippen LogP contribution in [-0.4, -0.2) is 46.8 Å². The summed E-state index contributed by atoms with van der Waals surface area (Å²) in [5.74, 6) is -0.581. The van der Waals surface area contributed by atoms with Crippen molar-refractivity contribution in [2.75, 3.05) is 16.8 Å². The Morgan fingerprint density at radius 2 is 1.93 bits per heavy atom. The number of rotatable bonds is 5. The molecule has 2 heterocycles. The van der Waals surface area contributed by atoms with Crippen LogP contribution in [0.3, 0.4) is 0 Å². The van der Waals surface area contributed by atoms with E-state index in [1.165, 1.54) is 4.90 Å². The van der Waals surface area contributed by atoms with E-state index < -0.39 is 23.5 Å². The molecule has 2 aliphatic rings. The summed E-state index contributed by atoms with van der Waals surface area (Å²) in [6.07, 6.45) is 1.43. The maximum Gasteiger partial charge on any atom is 0.325 e. The lowest BCUT2D eigenvalue weighted by Gasteiger charge is -2.29. The third kappa shape index (κ3) is 4.11. The Kier molecular flexibility index (Phi) is 5.64. The van der Waals surface area contributed by atoms with E-state index in [1.807, 2.05) is 0 Å². The molecule has 1 fully saturated rings. The van der Waals surface area contributed by atoms with Gasteiger partial charge >= 0.3 is 6.03 Å². The van der Waals surface area contributed by atoms with Crippen LogP contribution in [0.25, 0.3) is 0 Å². The minimum atomic E-state index is -0.999. The maximum atomic E-state index is 13.2. The second kappa shape index (κ2) is 7.85. The van der Waals surface area contributed by atoms with Gasteiger partial charge in [0.15, 0.2) is 0 Å². The van der Waals surface area contributed by atoms with E-state index in [4.69, 9.17) is 0 Å². The number of nitrogens with zero attached hydrogens (tertiary/aromatic N) is 2. The molecule has 1 aromatic carbocycles. The van der Waals surface area contributed by atoms with Crippen molar-refractivity contribution < 1.29 is 19.2 Å². The highest BCUT2D eigenvalue weighted by Gasteiger charge is 2.48. The molecular formula is C21H28N4O4. The summed E-state index contributed by atoms with van der Waals surface area (Å²) in [4.78, 5) is 53.1. The maximum absolute atomic E-state index is 13.2. The van der Waals surface area contributed by atoms with Crippen LogP contribution in [-0.2, 0) is 14.4 Å². The Balaban J connectivity index is 1.81. The first kappa shape index (κ1) is 20.8. The molecule has 8 nitrogen and oxygen atoms in total. The molecule has 0 aliphatic carbocycles. The molecule has 0 spiro atoms. The first-order valence-corrected chi connectivity index (χ1v) is 9.97. The number of para-hydroxylation sites is 2. The molecule has 0 unspecified atom stereocenters. The van der Waals surface area contributed by atoms with Gasteiger partial charge in [0.05, 0.1) is 11.4 Å². The van der Waals surface area contributed by atoms with Gasteiger partial charge in [-0.25, -0.2) is 4.79 Å². The lowest BCUT2D eigenvalue weighted by Crippen LogP contribution is -2.48. The van der Waals surface area contributed by atoms with Crippen molar-refractivity contribution in [3.63, 3.8) is 0 Å². The fourth-order valence-electron chi connectivity index (χ4n) is 3.82. The number of carbonyl (C=O) groups is 4. The van der Waals surface area contributed by atoms with Crippen molar-refractivity contribution in [2.45, 2.75) is 58.5 Å². The largest absolute Gasteiger partial charge is 0.325 e. The normalized spacial score (nSPS) is 24.3. The summed E-state index contributed by atoms with van der Waals surface area (Å²) in [5, 5.41) is 5.54. The zero-order valence-corrected chi connectivity index (χ0v) is 17.3. The number of imide groups is 1. The van der Waals surface area contributed by atoms with E-state index in [-0.39, 0.29) is 24.8 Å². The highest BCUT2D eigenvalue weighted by Crippen LogP contribution is 2.32. The molecule has 3 rings (SSSR count). The summed E-state index contributed by atoms with van der Waals surface area (Å²) >= 11 is 0. The molecule has 0 radical (unpaired) electrons. The molecule has 29 heavy (non-hydrogen) atoms. The fourth-order valence-corrected chi connectivity index (χ4v) is 3.82. The first-order chi connectivity index (χ1) is 13.6. The Hall–Kier alpha value is -2.90. The monoisotopic (exact) mass is 400 g/mol. The quantitative estimate of drug-likeness (QED) is 0.742. The second-order valence-corrected chi connectivity index (χ2v) is 8.47. The number of amides is 5.